The normalized spacial score (nSPS) is 24.0. The van der Waals surface area contributed by atoms with Crippen molar-refractivity contribution in [3.05, 3.63) is 47.6 Å². The minimum atomic E-state index is 0.619. The summed E-state index contributed by atoms with van der Waals surface area (Å²) in [7, 11) is 1.25. The molecule has 2 N–H and O–H groups in total. The molecule has 0 saturated carbocycles. The van der Waals surface area contributed by atoms with Gasteiger partial charge in [0.1, 0.15) is 7.11 Å². The topological polar surface area (TPSA) is 22.9 Å². The first-order valence-electron chi connectivity index (χ1n) is 7.90. The van der Waals surface area contributed by atoms with E-state index < -0.39 is 0 Å². The molecule has 0 heterocycles. The molecule has 2 rings (SSSR count). The van der Waals surface area contributed by atoms with Gasteiger partial charge in [-0.25, -0.2) is 0 Å². The van der Waals surface area contributed by atoms with Crippen LogP contribution in [-0.4, -0.2) is 12.2 Å². The fourth-order valence-electron chi connectivity index (χ4n) is 2.40. The van der Waals surface area contributed by atoms with Gasteiger partial charge in [-0.05, 0) is 37.2 Å². The van der Waals surface area contributed by atoms with Crippen LogP contribution >= 0.6 is 0 Å². The van der Waals surface area contributed by atoms with E-state index in [9.17, 15) is 0 Å². The van der Waals surface area contributed by atoms with Gasteiger partial charge in [-0.1, -0.05) is 69.7 Å². The second-order valence-electron chi connectivity index (χ2n) is 5.36. The summed E-state index contributed by atoms with van der Waals surface area (Å²) in [6.07, 6.45) is 16.5. The quantitative estimate of drug-likeness (QED) is 0.632. The molecule has 0 aromatic rings. The van der Waals surface area contributed by atoms with E-state index in [2.05, 4.69) is 57.2 Å². The van der Waals surface area contributed by atoms with Crippen LogP contribution in [0.5, 0.6) is 0 Å². The molecule has 0 aliphatic heterocycles. The Morgan fingerprint density at radius 1 is 1.00 bits per heavy atom. The lowest BCUT2D eigenvalue weighted by atomic mass is 9.82. The predicted octanol–water partition coefficient (Wildman–Crippen LogP) is 5.03. The van der Waals surface area contributed by atoms with Crippen molar-refractivity contribution in [1.82, 2.24) is 0 Å². The highest BCUT2D eigenvalue weighted by Crippen LogP contribution is 2.30. The molecule has 0 aromatic carbocycles. The van der Waals surface area contributed by atoms with Crippen molar-refractivity contribution in [3.63, 3.8) is 0 Å². The van der Waals surface area contributed by atoms with E-state index in [1.165, 1.54) is 31.1 Å². The molecular formula is C19H33O+. The van der Waals surface area contributed by atoms with Gasteiger partial charge in [-0.3, -0.25) is 0 Å². The molecule has 1 nitrogen and oxygen atoms in total. The summed E-state index contributed by atoms with van der Waals surface area (Å²) in [5.74, 6) is 2.12. The van der Waals surface area contributed by atoms with Gasteiger partial charge >= 0.3 is 0 Å². The van der Waals surface area contributed by atoms with Gasteiger partial charge in [-0.2, -0.15) is 0 Å². The lowest BCUT2D eigenvalue weighted by Crippen LogP contribution is -2.10. The third kappa shape index (κ3) is 5.92. The fourth-order valence-corrected chi connectivity index (χ4v) is 2.40. The summed E-state index contributed by atoms with van der Waals surface area (Å²) < 4.78 is 0. The summed E-state index contributed by atoms with van der Waals surface area (Å²) in [5, 5.41) is 5.75. The second-order valence-corrected chi connectivity index (χ2v) is 5.36. The van der Waals surface area contributed by atoms with Crippen molar-refractivity contribution in [1.29, 1.82) is 0 Å². The van der Waals surface area contributed by atoms with E-state index in [1.54, 1.807) is 0 Å². The zero-order chi connectivity index (χ0) is 15.5. The lowest BCUT2D eigenvalue weighted by Gasteiger charge is -2.23. The van der Waals surface area contributed by atoms with Crippen molar-refractivity contribution in [2.24, 2.45) is 17.8 Å². The van der Waals surface area contributed by atoms with Gasteiger partial charge in [0.15, 0.2) is 0 Å². The van der Waals surface area contributed by atoms with E-state index in [0.717, 1.165) is 11.8 Å². The molecule has 0 bridgehead atoms. The van der Waals surface area contributed by atoms with Gasteiger partial charge < -0.3 is 5.11 Å². The van der Waals surface area contributed by atoms with Crippen LogP contribution in [-0.2, 0) is 0 Å². The highest BCUT2D eigenvalue weighted by molar-refractivity contribution is 5.34. The first-order chi connectivity index (χ1) is 9.66. The molecule has 0 amide bonds. The summed E-state index contributed by atoms with van der Waals surface area (Å²) in [6, 6.07) is 0. The lowest BCUT2D eigenvalue weighted by molar-refractivity contribution is 0.399. The maximum atomic E-state index is 5.75. The molecule has 0 radical (unpaired) electrons. The van der Waals surface area contributed by atoms with E-state index in [-0.39, 0.29) is 0 Å². The second kappa shape index (κ2) is 10.7. The number of rotatable bonds is 2. The van der Waals surface area contributed by atoms with Crippen LogP contribution in [0.15, 0.2) is 47.6 Å². The van der Waals surface area contributed by atoms with Crippen LogP contribution in [0.2, 0.25) is 0 Å². The Bertz CT molecular complexity index is 369. The molecule has 0 aromatic heterocycles. The molecule has 20 heavy (non-hydrogen) atoms. The van der Waals surface area contributed by atoms with Crippen LogP contribution in [0.3, 0.4) is 0 Å². The minimum absolute atomic E-state index is 0.619. The third-order valence-electron chi connectivity index (χ3n) is 3.73. The van der Waals surface area contributed by atoms with Gasteiger partial charge in [-0.15, -0.1) is 0 Å². The van der Waals surface area contributed by atoms with Crippen LogP contribution in [0.25, 0.3) is 0 Å². The van der Waals surface area contributed by atoms with E-state index >= 15 is 0 Å². The SMILES string of the molecule is CC.CC1=CCC(C2=CCC(C(C)C)C=C2)C=C1.C[OH2+]. The van der Waals surface area contributed by atoms with Crippen LogP contribution in [0.1, 0.15) is 47.5 Å². The average molecular weight is 277 g/mol. The Morgan fingerprint density at radius 3 is 2.05 bits per heavy atom. The van der Waals surface area contributed by atoms with Gasteiger partial charge in [0.25, 0.3) is 0 Å². The van der Waals surface area contributed by atoms with Crippen LogP contribution < -0.4 is 0 Å². The molecule has 2 aliphatic carbocycles. The first kappa shape index (κ1) is 18.9. The zero-order valence-corrected chi connectivity index (χ0v) is 14.1. The van der Waals surface area contributed by atoms with Gasteiger partial charge in [0, 0.05) is 5.92 Å². The smallest absolute Gasteiger partial charge is 0.133 e. The van der Waals surface area contributed by atoms with Gasteiger partial charge in [0.05, 0.1) is 0 Å². The Kier molecular flexibility index (Phi) is 10.1. The van der Waals surface area contributed by atoms with E-state index in [0.29, 0.717) is 5.92 Å². The predicted molar refractivity (Wildman–Crippen MR) is 92.1 cm³/mol. The van der Waals surface area contributed by atoms with Crippen LogP contribution in [0, 0.1) is 17.8 Å². The largest absolute Gasteiger partial charge is 0.448 e. The molecule has 2 unspecified atom stereocenters. The average Bonchev–Trinajstić information content (AvgIpc) is 2.52. The van der Waals surface area contributed by atoms with Crippen molar-refractivity contribution >= 4 is 0 Å². The minimum Gasteiger partial charge on any atom is -0.448 e. The number of allylic oxidation sites excluding steroid dienone is 8. The molecule has 2 atom stereocenters. The molecular weight excluding hydrogens is 244 g/mol. The van der Waals surface area contributed by atoms with E-state index in [4.69, 9.17) is 5.11 Å². The highest BCUT2D eigenvalue weighted by atomic mass is 16.2. The maximum absolute atomic E-state index is 5.75. The first-order valence-corrected chi connectivity index (χ1v) is 7.90. The highest BCUT2D eigenvalue weighted by Gasteiger charge is 2.16. The number of hydrogen-bond acceptors (Lipinski definition) is 0. The van der Waals surface area contributed by atoms with Crippen molar-refractivity contribution in [2.75, 3.05) is 7.11 Å². The van der Waals surface area contributed by atoms with Crippen LogP contribution in [0.4, 0.5) is 0 Å². The molecule has 2 aliphatic rings. The molecule has 0 saturated heterocycles. The Hall–Kier alpha value is -1.08. The maximum Gasteiger partial charge on any atom is 0.133 e. The Balaban J connectivity index is 0.000000829. The number of hydrogen-bond donors (Lipinski definition) is 0. The van der Waals surface area contributed by atoms with Gasteiger partial charge in [0.2, 0.25) is 0 Å². The Morgan fingerprint density at radius 2 is 1.65 bits per heavy atom. The van der Waals surface area contributed by atoms with Crippen molar-refractivity contribution in [3.8, 4) is 0 Å². The monoisotopic (exact) mass is 277 g/mol. The summed E-state index contributed by atoms with van der Waals surface area (Å²) in [5.41, 5.74) is 2.91. The molecule has 0 spiro atoms. The summed E-state index contributed by atoms with van der Waals surface area (Å²) >= 11 is 0. The van der Waals surface area contributed by atoms with E-state index in [1.807, 2.05) is 13.8 Å². The molecule has 114 valence electrons. The Labute approximate surface area is 125 Å². The standard InChI is InChI=1S/C16H22.C2H6.CH4O/c1-12(2)14-8-10-16(11-9-14)15-6-4-13(3)5-7-15;2*1-2/h4-6,8,10-12,14-15H,7,9H2,1-3H3;1-2H3;2H,1H3/p+1. The fraction of sp³-hybridized carbons (Fsp3) is 0.579. The summed E-state index contributed by atoms with van der Waals surface area (Å²) in [6.45, 7) is 10.8. The molecule has 0 fully saturated rings. The third-order valence-corrected chi connectivity index (χ3v) is 3.73. The zero-order valence-electron chi connectivity index (χ0n) is 14.1. The van der Waals surface area contributed by atoms with Crippen molar-refractivity contribution in [2.45, 2.75) is 47.5 Å². The molecule has 1 heteroatoms. The van der Waals surface area contributed by atoms with Crippen molar-refractivity contribution < 1.29 is 5.11 Å². The summed E-state index contributed by atoms with van der Waals surface area (Å²) in [4.78, 5) is 0.